The quantitative estimate of drug-likeness (QED) is 0.558. The maximum Gasteiger partial charge on any atom is 0.0221 e. The van der Waals surface area contributed by atoms with E-state index in [0.717, 1.165) is 6.54 Å². The Hall–Kier alpha value is -0.0800. The molecule has 0 aromatic rings. The van der Waals surface area contributed by atoms with Gasteiger partial charge in [-0.15, -0.1) is 0 Å². The highest BCUT2D eigenvalue weighted by atomic mass is 15.2. The predicted molar refractivity (Wildman–Crippen MR) is 78.4 cm³/mol. The van der Waals surface area contributed by atoms with Crippen LogP contribution in [0.15, 0.2) is 0 Å². The topological polar surface area (TPSA) is 29.3 Å². The summed E-state index contributed by atoms with van der Waals surface area (Å²) < 4.78 is 0. The van der Waals surface area contributed by atoms with Crippen molar-refractivity contribution in [1.29, 1.82) is 0 Å². The number of hydrogen-bond acceptors (Lipinski definition) is 2. The van der Waals surface area contributed by atoms with Gasteiger partial charge in [0.1, 0.15) is 0 Å². The maximum absolute atomic E-state index is 5.98. The summed E-state index contributed by atoms with van der Waals surface area (Å²) >= 11 is 0. The van der Waals surface area contributed by atoms with E-state index >= 15 is 0 Å². The van der Waals surface area contributed by atoms with E-state index in [4.69, 9.17) is 5.73 Å². The Morgan fingerprint density at radius 3 is 2.12 bits per heavy atom. The first-order valence-corrected chi connectivity index (χ1v) is 7.66. The van der Waals surface area contributed by atoms with Gasteiger partial charge < -0.3 is 5.73 Å². The average molecular weight is 242 g/mol. The standard InChI is InChI=1S/C15H34N2/c1-5-8-10-11-15(13-16)17(12-9-6-2)14(4)7-3/h14-15H,5-13,16H2,1-4H3. The second-order valence-corrected chi connectivity index (χ2v) is 5.23. The molecule has 0 saturated heterocycles. The second-order valence-electron chi connectivity index (χ2n) is 5.23. The molecule has 0 radical (unpaired) electrons. The molecule has 0 spiro atoms. The molecule has 104 valence electrons. The van der Waals surface area contributed by atoms with Crippen molar-refractivity contribution in [1.82, 2.24) is 4.90 Å². The van der Waals surface area contributed by atoms with Crippen LogP contribution in [0.3, 0.4) is 0 Å². The van der Waals surface area contributed by atoms with Crippen molar-refractivity contribution >= 4 is 0 Å². The molecule has 2 N–H and O–H groups in total. The maximum atomic E-state index is 5.98. The number of hydrogen-bond donors (Lipinski definition) is 1. The molecule has 0 saturated carbocycles. The molecule has 2 heteroatoms. The van der Waals surface area contributed by atoms with Crippen LogP contribution in [0.2, 0.25) is 0 Å². The van der Waals surface area contributed by atoms with Gasteiger partial charge >= 0.3 is 0 Å². The van der Waals surface area contributed by atoms with Gasteiger partial charge in [-0.3, -0.25) is 4.90 Å². The van der Waals surface area contributed by atoms with E-state index in [1.54, 1.807) is 0 Å². The van der Waals surface area contributed by atoms with Crippen LogP contribution in [-0.4, -0.2) is 30.1 Å². The van der Waals surface area contributed by atoms with Gasteiger partial charge in [-0.2, -0.15) is 0 Å². The fourth-order valence-corrected chi connectivity index (χ4v) is 2.39. The smallest absolute Gasteiger partial charge is 0.0221 e. The fourth-order valence-electron chi connectivity index (χ4n) is 2.39. The van der Waals surface area contributed by atoms with E-state index in [-0.39, 0.29) is 0 Å². The minimum absolute atomic E-state index is 0.600. The first kappa shape index (κ1) is 16.9. The van der Waals surface area contributed by atoms with Crippen LogP contribution in [0.25, 0.3) is 0 Å². The average Bonchev–Trinajstić information content (AvgIpc) is 2.36. The summed E-state index contributed by atoms with van der Waals surface area (Å²) in [6, 6.07) is 1.28. The first-order chi connectivity index (χ1) is 8.21. The summed E-state index contributed by atoms with van der Waals surface area (Å²) in [4.78, 5) is 2.65. The Balaban J connectivity index is 4.26. The van der Waals surface area contributed by atoms with Crippen LogP contribution in [0.5, 0.6) is 0 Å². The lowest BCUT2D eigenvalue weighted by molar-refractivity contribution is 0.132. The zero-order valence-corrected chi connectivity index (χ0v) is 12.5. The molecule has 2 unspecified atom stereocenters. The fraction of sp³-hybridized carbons (Fsp3) is 1.00. The summed E-state index contributed by atoms with van der Waals surface area (Å²) in [6.07, 6.45) is 9.06. The molecule has 0 aliphatic carbocycles. The van der Waals surface area contributed by atoms with Crippen molar-refractivity contribution in [2.75, 3.05) is 13.1 Å². The summed E-state index contributed by atoms with van der Waals surface area (Å²) in [5.41, 5.74) is 5.98. The Labute approximate surface area is 109 Å². The molecular weight excluding hydrogens is 208 g/mol. The van der Waals surface area contributed by atoms with Crippen LogP contribution in [0, 0.1) is 0 Å². The van der Waals surface area contributed by atoms with E-state index in [1.165, 1.54) is 51.5 Å². The lowest BCUT2D eigenvalue weighted by atomic mass is 10.0. The van der Waals surface area contributed by atoms with Crippen LogP contribution < -0.4 is 5.73 Å². The third kappa shape index (κ3) is 7.05. The zero-order valence-electron chi connectivity index (χ0n) is 12.5. The molecule has 0 heterocycles. The van der Waals surface area contributed by atoms with Crippen LogP contribution in [0.4, 0.5) is 0 Å². The molecule has 0 amide bonds. The largest absolute Gasteiger partial charge is 0.329 e. The van der Waals surface area contributed by atoms with E-state index in [0.29, 0.717) is 12.1 Å². The number of unbranched alkanes of at least 4 members (excludes halogenated alkanes) is 3. The predicted octanol–water partition coefficient (Wildman–Crippen LogP) is 3.79. The van der Waals surface area contributed by atoms with Gasteiger partial charge in [-0.05, 0) is 32.7 Å². The molecule has 2 atom stereocenters. The van der Waals surface area contributed by atoms with E-state index in [2.05, 4.69) is 32.6 Å². The van der Waals surface area contributed by atoms with Gasteiger partial charge in [-0.1, -0.05) is 46.5 Å². The zero-order chi connectivity index (χ0) is 13.1. The summed E-state index contributed by atoms with van der Waals surface area (Å²) in [6.45, 7) is 11.2. The van der Waals surface area contributed by atoms with Crippen molar-refractivity contribution in [3.05, 3.63) is 0 Å². The van der Waals surface area contributed by atoms with Gasteiger partial charge in [0.15, 0.2) is 0 Å². The number of nitrogens with zero attached hydrogens (tertiary/aromatic N) is 1. The van der Waals surface area contributed by atoms with Gasteiger partial charge in [0.25, 0.3) is 0 Å². The van der Waals surface area contributed by atoms with Crippen LogP contribution in [0.1, 0.15) is 72.6 Å². The highest BCUT2D eigenvalue weighted by Crippen LogP contribution is 2.15. The lowest BCUT2D eigenvalue weighted by Gasteiger charge is -2.36. The van der Waals surface area contributed by atoms with Crippen molar-refractivity contribution in [2.24, 2.45) is 5.73 Å². The highest BCUT2D eigenvalue weighted by molar-refractivity contribution is 4.77. The van der Waals surface area contributed by atoms with Crippen molar-refractivity contribution in [3.63, 3.8) is 0 Å². The SMILES string of the molecule is CCCCCC(CN)N(CCCC)C(C)CC. The minimum Gasteiger partial charge on any atom is -0.329 e. The Morgan fingerprint density at radius 2 is 1.65 bits per heavy atom. The lowest BCUT2D eigenvalue weighted by Crippen LogP contribution is -2.46. The van der Waals surface area contributed by atoms with E-state index in [1.807, 2.05) is 0 Å². The van der Waals surface area contributed by atoms with Crippen molar-refractivity contribution in [3.8, 4) is 0 Å². The van der Waals surface area contributed by atoms with E-state index < -0.39 is 0 Å². The number of rotatable bonds is 11. The van der Waals surface area contributed by atoms with E-state index in [9.17, 15) is 0 Å². The molecular formula is C15H34N2. The first-order valence-electron chi connectivity index (χ1n) is 7.66. The second kappa shape index (κ2) is 11.0. The van der Waals surface area contributed by atoms with Crippen LogP contribution in [-0.2, 0) is 0 Å². The normalized spacial score (nSPS) is 15.2. The summed E-state index contributed by atoms with van der Waals surface area (Å²) in [7, 11) is 0. The third-order valence-electron chi connectivity index (χ3n) is 3.81. The van der Waals surface area contributed by atoms with Gasteiger partial charge in [0, 0.05) is 18.6 Å². The van der Waals surface area contributed by atoms with Crippen molar-refractivity contribution in [2.45, 2.75) is 84.7 Å². The molecule has 0 aliphatic rings. The molecule has 0 bridgehead atoms. The minimum atomic E-state index is 0.600. The number of nitrogens with two attached hydrogens (primary N) is 1. The molecule has 0 rings (SSSR count). The van der Waals surface area contributed by atoms with Crippen LogP contribution >= 0.6 is 0 Å². The molecule has 0 aromatic heterocycles. The highest BCUT2D eigenvalue weighted by Gasteiger charge is 2.20. The Kier molecular flexibility index (Phi) is 11.0. The molecule has 0 aromatic carbocycles. The Morgan fingerprint density at radius 1 is 1.00 bits per heavy atom. The van der Waals surface area contributed by atoms with Gasteiger partial charge in [-0.25, -0.2) is 0 Å². The summed E-state index contributed by atoms with van der Waals surface area (Å²) in [5, 5.41) is 0. The van der Waals surface area contributed by atoms with Crippen molar-refractivity contribution < 1.29 is 0 Å². The summed E-state index contributed by atoms with van der Waals surface area (Å²) in [5.74, 6) is 0. The molecule has 17 heavy (non-hydrogen) atoms. The molecule has 0 aliphatic heterocycles. The van der Waals surface area contributed by atoms with Gasteiger partial charge in [0.05, 0.1) is 0 Å². The van der Waals surface area contributed by atoms with Gasteiger partial charge in [0.2, 0.25) is 0 Å². The molecule has 0 fully saturated rings. The molecule has 2 nitrogen and oxygen atoms in total. The Bertz CT molecular complexity index is 159. The monoisotopic (exact) mass is 242 g/mol. The third-order valence-corrected chi connectivity index (χ3v) is 3.81.